The summed E-state index contributed by atoms with van der Waals surface area (Å²) >= 11 is 6.03. The maximum Gasteiger partial charge on any atom is 0.274 e. The number of nitrogens with zero attached hydrogens (tertiary/aromatic N) is 7. The van der Waals surface area contributed by atoms with Crippen molar-refractivity contribution in [3.8, 4) is 5.75 Å². The molecule has 13 nitrogen and oxygen atoms in total. The first-order valence-corrected chi connectivity index (χ1v) is 12.9. The molecule has 2 aromatic heterocycles. The fourth-order valence-corrected chi connectivity index (χ4v) is 5.57. The zero-order valence-electron chi connectivity index (χ0n) is 19.6. The second kappa shape index (κ2) is 10.2. The van der Waals surface area contributed by atoms with E-state index in [4.69, 9.17) is 16.3 Å². The Morgan fingerprint density at radius 2 is 1.89 bits per heavy atom. The van der Waals surface area contributed by atoms with Crippen LogP contribution in [0.2, 0.25) is 5.02 Å². The van der Waals surface area contributed by atoms with Gasteiger partial charge in [-0.2, -0.15) is 14.5 Å². The highest BCUT2D eigenvalue weighted by Gasteiger charge is 2.33. The van der Waals surface area contributed by atoms with E-state index in [1.54, 1.807) is 22.7 Å². The number of carbonyl (C=O) groups excluding carboxylic acids is 1. The van der Waals surface area contributed by atoms with E-state index in [9.17, 15) is 23.3 Å². The van der Waals surface area contributed by atoms with Crippen LogP contribution in [0.3, 0.4) is 0 Å². The summed E-state index contributed by atoms with van der Waals surface area (Å²) in [5.74, 6) is -0.0863. The quantitative estimate of drug-likeness (QED) is 0.314. The van der Waals surface area contributed by atoms with Gasteiger partial charge in [0, 0.05) is 57.3 Å². The van der Waals surface area contributed by atoms with Gasteiger partial charge < -0.3 is 9.64 Å². The summed E-state index contributed by atoms with van der Waals surface area (Å²) in [6, 6.07) is 5.38. The Labute approximate surface area is 212 Å². The third kappa shape index (κ3) is 5.20. The molecule has 0 atom stereocenters. The molecule has 0 radical (unpaired) electrons. The van der Waals surface area contributed by atoms with Crippen molar-refractivity contribution in [2.45, 2.75) is 32.0 Å². The number of carbonyl (C=O) groups is 1. The molecule has 0 N–H and O–H groups in total. The van der Waals surface area contributed by atoms with Crippen molar-refractivity contribution in [2.75, 3.05) is 26.2 Å². The zero-order valence-corrected chi connectivity index (χ0v) is 21.1. The molecule has 1 saturated heterocycles. The summed E-state index contributed by atoms with van der Waals surface area (Å²) in [6.07, 6.45) is 3.09. The number of hydrogen-bond donors (Lipinski definition) is 0. The maximum atomic E-state index is 13.0. The molecule has 0 aliphatic carbocycles. The number of piperazine rings is 1. The number of hydrogen-bond acceptors (Lipinski definition) is 8. The average Bonchev–Trinajstić information content (AvgIpc) is 3.49. The molecule has 0 saturated carbocycles. The first-order chi connectivity index (χ1) is 17.1. The normalized spacial score (nSPS) is 14.7. The van der Waals surface area contributed by atoms with Crippen molar-refractivity contribution in [1.82, 2.24) is 28.8 Å². The largest absolute Gasteiger partial charge is 0.470 e. The average molecular weight is 538 g/mol. The van der Waals surface area contributed by atoms with Crippen LogP contribution in [-0.2, 0) is 23.3 Å². The number of sulfonamides is 1. The van der Waals surface area contributed by atoms with Crippen LogP contribution in [0.1, 0.15) is 23.1 Å². The number of rotatable bonds is 8. The number of aromatic nitrogens is 4. The van der Waals surface area contributed by atoms with Crippen LogP contribution >= 0.6 is 11.6 Å². The van der Waals surface area contributed by atoms with Gasteiger partial charge in [0.05, 0.1) is 15.6 Å². The third-order valence-corrected chi connectivity index (χ3v) is 8.00. The van der Waals surface area contributed by atoms with Gasteiger partial charge in [0.1, 0.15) is 10.6 Å². The Balaban J connectivity index is 1.35. The van der Waals surface area contributed by atoms with Crippen LogP contribution in [0.25, 0.3) is 0 Å². The number of nitro benzene ring substituents is 1. The summed E-state index contributed by atoms with van der Waals surface area (Å²) in [5, 5.41) is 19.3. The van der Waals surface area contributed by atoms with Crippen LogP contribution in [0, 0.1) is 17.0 Å². The molecule has 192 valence electrons. The Hall–Kier alpha value is -3.49. The van der Waals surface area contributed by atoms with E-state index < -0.39 is 14.9 Å². The molecule has 1 aliphatic rings. The molecular weight excluding hydrogens is 514 g/mol. The molecule has 3 heterocycles. The zero-order chi connectivity index (χ0) is 26.0. The summed E-state index contributed by atoms with van der Waals surface area (Å²) in [6.45, 7) is 4.81. The highest BCUT2D eigenvalue weighted by molar-refractivity contribution is 7.89. The highest BCUT2D eigenvalue weighted by Crippen LogP contribution is 2.29. The number of aryl methyl sites for hydroxylation is 2. The lowest BCUT2D eigenvalue weighted by atomic mass is 10.3. The van der Waals surface area contributed by atoms with E-state index in [-0.39, 0.29) is 65.9 Å². The fourth-order valence-electron chi connectivity index (χ4n) is 3.75. The lowest BCUT2D eigenvalue weighted by molar-refractivity contribution is -0.384. The van der Waals surface area contributed by atoms with Gasteiger partial charge in [0.15, 0.2) is 12.4 Å². The number of non-ortho nitro benzene ring substituents is 1. The summed E-state index contributed by atoms with van der Waals surface area (Å²) < 4.78 is 36.0. The van der Waals surface area contributed by atoms with Crippen LogP contribution < -0.4 is 4.74 Å². The fraction of sp³-hybridized carbons (Fsp3) is 0.381. The Bertz CT molecular complexity index is 1400. The van der Waals surface area contributed by atoms with Gasteiger partial charge in [-0.05, 0) is 26.0 Å². The number of ether oxygens (including phenoxy) is 1. The third-order valence-electron chi connectivity index (χ3n) is 5.71. The topological polar surface area (TPSA) is 146 Å². The molecule has 0 spiro atoms. The van der Waals surface area contributed by atoms with Crippen LogP contribution in [-0.4, -0.2) is 74.2 Å². The monoisotopic (exact) mass is 537 g/mol. The van der Waals surface area contributed by atoms with Gasteiger partial charge in [-0.15, -0.1) is 0 Å². The molecule has 15 heteroatoms. The molecule has 3 aromatic rings. The van der Waals surface area contributed by atoms with Gasteiger partial charge in [0.25, 0.3) is 11.6 Å². The van der Waals surface area contributed by atoms with E-state index >= 15 is 0 Å². The molecule has 0 bridgehead atoms. The minimum Gasteiger partial charge on any atom is -0.470 e. The Kier molecular flexibility index (Phi) is 7.28. The number of benzene rings is 1. The van der Waals surface area contributed by atoms with Gasteiger partial charge in [-0.3, -0.25) is 19.6 Å². The van der Waals surface area contributed by atoms with Crippen molar-refractivity contribution in [3.63, 3.8) is 0 Å². The minimum atomic E-state index is -3.71. The second-order valence-electron chi connectivity index (χ2n) is 8.02. The molecule has 36 heavy (non-hydrogen) atoms. The van der Waals surface area contributed by atoms with Crippen LogP contribution in [0.5, 0.6) is 5.75 Å². The molecular formula is C21H24ClN7O6S. The van der Waals surface area contributed by atoms with Gasteiger partial charge in [-0.1, -0.05) is 11.6 Å². The Morgan fingerprint density at radius 1 is 1.17 bits per heavy atom. The maximum absolute atomic E-state index is 13.0. The molecule has 4 rings (SSSR count). The SMILES string of the molecule is CCn1cc(S(=O)(=O)N2CCN(C(=O)c3ccn(COc4ccc([N+](=O)[O-])cc4Cl)n3)CC2)c(C)n1. The number of nitro groups is 1. The van der Waals surface area contributed by atoms with E-state index in [2.05, 4.69) is 10.2 Å². The molecule has 1 fully saturated rings. The summed E-state index contributed by atoms with van der Waals surface area (Å²) in [4.78, 5) is 24.9. The smallest absolute Gasteiger partial charge is 0.274 e. The molecule has 1 aromatic carbocycles. The van der Waals surface area contributed by atoms with Gasteiger partial charge in [0.2, 0.25) is 10.0 Å². The number of halogens is 1. The predicted molar refractivity (Wildman–Crippen MR) is 128 cm³/mol. The number of amides is 1. The van der Waals surface area contributed by atoms with Gasteiger partial charge >= 0.3 is 0 Å². The van der Waals surface area contributed by atoms with Crippen LogP contribution in [0.4, 0.5) is 5.69 Å². The first-order valence-electron chi connectivity index (χ1n) is 11.0. The van der Waals surface area contributed by atoms with E-state index in [0.29, 0.717) is 12.2 Å². The summed E-state index contributed by atoms with van der Waals surface area (Å²) in [5.41, 5.74) is 0.473. The van der Waals surface area contributed by atoms with E-state index in [1.807, 2.05) is 6.92 Å². The lowest BCUT2D eigenvalue weighted by Crippen LogP contribution is -2.50. The van der Waals surface area contributed by atoms with Crippen molar-refractivity contribution in [2.24, 2.45) is 0 Å². The van der Waals surface area contributed by atoms with E-state index in [1.165, 1.54) is 39.4 Å². The Morgan fingerprint density at radius 3 is 2.50 bits per heavy atom. The molecule has 1 amide bonds. The lowest BCUT2D eigenvalue weighted by Gasteiger charge is -2.33. The minimum absolute atomic E-state index is 0.0678. The van der Waals surface area contributed by atoms with Crippen molar-refractivity contribution < 1.29 is 22.9 Å². The van der Waals surface area contributed by atoms with E-state index in [0.717, 1.165) is 0 Å². The van der Waals surface area contributed by atoms with Gasteiger partial charge in [-0.25, -0.2) is 13.1 Å². The molecule has 1 aliphatic heterocycles. The van der Waals surface area contributed by atoms with Crippen LogP contribution in [0.15, 0.2) is 41.6 Å². The van der Waals surface area contributed by atoms with Crippen molar-refractivity contribution >= 4 is 33.2 Å². The van der Waals surface area contributed by atoms with Crippen molar-refractivity contribution in [3.05, 3.63) is 63.2 Å². The van der Waals surface area contributed by atoms with Crippen molar-refractivity contribution in [1.29, 1.82) is 0 Å². The molecule has 0 unspecified atom stereocenters. The highest BCUT2D eigenvalue weighted by atomic mass is 35.5. The second-order valence-corrected chi connectivity index (χ2v) is 10.3. The predicted octanol–water partition coefficient (Wildman–Crippen LogP) is 2.15. The standard InChI is InChI=1S/C21H24ClN7O6S/c1-3-26-13-20(15(2)23-26)36(33,34)28-10-8-25(9-11-28)21(30)18-6-7-27(24-18)14-35-19-5-4-16(29(31)32)12-17(19)22/h4-7,12-13H,3,8-11,14H2,1-2H3. The first kappa shape index (κ1) is 25.6. The summed E-state index contributed by atoms with van der Waals surface area (Å²) in [7, 11) is -3.71.